The molecule has 4 aromatic rings. The predicted octanol–water partition coefficient (Wildman–Crippen LogP) is 4.99. The lowest BCUT2D eigenvalue weighted by molar-refractivity contribution is -0.384. The molecule has 1 aromatic heterocycles. The Kier molecular flexibility index (Phi) is 4.97. The Morgan fingerprint density at radius 2 is 1.86 bits per heavy atom. The van der Waals surface area contributed by atoms with Crippen LogP contribution in [0.1, 0.15) is 15.9 Å². The topological polar surface area (TPSA) is 98.3 Å². The number of nitrogens with one attached hydrogen (secondary N) is 1. The van der Waals surface area contributed by atoms with Crippen molar-refractivity contribution >= 4 is 34.3 Å². The van der Waals surface area contributed by atoms with Gasteiger partial charge in [-0.1, -0.05) is 35.9 Å². The first-order valence-electron chi connectivity index (χ1n) is 8.68. The largest absolute Gasteiger partial charge is 0.436 e. The molecule has 0 aliphatic heterocycles. The third-order valence-corrected chi connectivity index (χ3v) is 4.67. The summed E-state index contributed by atoms with van der Waals surface area (Å²) in [6, 6.07) is 18.7. The van der Waals surface area contributed by atoms with E-state index in [9.17, 15) is 14.9 Å². The Hall–Kier alpha value is -3.71. The number of carbonyl (C=O) groups is 1. The number of non-ortho nitro benzene ring substituents is 1. The van der Waals surface area contributed by atoms with Gasteiger partial charge in [0.05, 0.1) is 15.5 Å². The number of nitro groups is 1. The monoisotopic (exact) mass is 407 g/mol. The van der Waals surface area contributed by atoms with Crippen LogP contribution >= 0.6 is 11.6 Å². The molecule has 0 fully saturated rings. The number of hydrogen-bond donors (Lipinski definition) is 1. The third-order valence-electron chi connectivity index (χ3n) is 4.36. The van der Waals surface area contributed by atoms with Crippen LogP contribution in [0.3, 0.4) is 0 Å². The van der Waals surface area contributed by atoms with Gasteiger partial charge in [0, 0.05) is 24.2 Å². The molecule has 0 bridgehead atoms. The van der Waals surface area contributed by atoms with E-state index in [2.05, 4.69) is 10.3 Å². The van der Waals surface area contributed by atoms with Crippen LogP contribution in [0, 0.1) is 10.1 Å². The minimum atomic E-state index is -0.564. The van der Waals surface area contributed by atoms with Crippen molar-refractivity contribution in [2.75, 3.05) is 0 Å². The van der Waals surface area contributed by atoms with Crippen molar-refractivity contribution in [1.29, 1.82) is 0 Å². The maximum Gasteiger partial charge on any atom is 0.270 e. The van der Waals surface area contributed by atoms with Gasteiger partial charge >= 0.3 is 0 Å². The second-order valence-electron chi connectivity index (χ2n) is 6.29. The van der Waals surface area contributed by atoms with Crippen molar-refractivity contribution in [3.63, 3.8) is 0 Å². The maximum atomic E-state index is 12.3. The molecule has 1 amide bonds. The Morgan fingerprint density at radius 3 is 2.55 bits per heavy atom. The van der Waals surface area contributed by atoms with Crippen molar-refractivity contribution in [2.45, 2.75) is 6.54 Å². The molecule has 0 radical (unpaired) electrons. The van der Waals surface area contributed by atoms with Crippen LogP contribution in [0.25, 0.3) is 22.6 Å². The molecule has 1 heterocycles. The molecule has 0 unspecified atom stereocenters. The van der Waals surface area contributed by atoms with Gasteiger partial charge in [0.2, 0.25) is 5.89 Å². The van der Waals surface area contributed by atoms with Gasteiger partial charge in [-0.25, -0.2) is 4.98 Å². The number of rotatable bonds is 5. The molecule has 3 aromatic carbocycles. The van der Waals surface area contributed by atoms with Gasteiger partial charge in [-0.15, -0.1) is 0 Å². The molecule has 0 spiro atoms. The van der Waals surface area contributed by atoms with Gasteiger partial charge in [-0.2, -0.15) is 0 Å². The van der Waals surface area contributed by atoms with Gasteiger partial charge in [-0.05, 0) is 35.9 Å². The number of fused-ring (bicyclic) bond motifs is 1. The number of nitrogens with zero attached hydrogens (tertiary/aromatic N) is 2. The Bertz CT molecular complexity index is 1190. The first kappa shape index (κ1) is 18.6. The summed E-state index contributed by atoms with van der Waals surface area (Å²) in [4.78, 5) is 27.0. The number of aromatic nitrogens is 1. The molecule has 0 atom stereocenters. The minimum absolute atomic E-state index is 0.0306. The summed E-state index contributed by atoms with van der Waals surface area (Å²) in [6.07, 6.45) is 0. The molecule has 7 nitrogen and oxygen atoms in total. The summed E-state index contributed by atoms with van der Waals surface area (Å²) < 4.78 is 5.75. The summed E-state index contributed by atoms with van der Waals surface area (Å²) in [7, 11) is 0. The lowest BCUT2D eigenvalue weighted by atomic mass is 10.1. The SMILES string of the molecule is O=C(NCc1ccc(-c2nc3ccccc3o2)cc1)c1ccc([N+](=O)[O-])cc1Cl. The van der Waals surface area contributed by atoms with Crippen molar-refractivity contribution in [2.24, 2.45) is 0 Å². The number of nitro benzene ring substituents is 1. The van der Waals surface area contributed by atoms with Gasteiger partial charge in [-0.3, -0.25) is 14.9 Å². The van der Waals surface area contributed by atoms with Crippen LogP contribution in [0.4, 0.5) is 5.69 Å². The van der Waals surface area contributed by atoms with Gasteiger partial charge < -0.3 is 9.73 Å². The zero-order valence-electron chi connectivity index (χ0n) is 15.0. The number of oxazole rings is 1. The third kappa shape index (κ3) is 3.95. The molecule has 0 saturated carbocycles. The summed E-state index contributed by atoms with van der Waals surface area (Å²) in [6.45, 7) is 0.278. The van der Waals surface area contributed by atoms with E-state index in [4.69, 9.17) is 16.0 Å². The highest BCUT2D eigenvalue weighted by molar-refractivity contribution is 6.34. The molecule has 0 aliphatic rings. The average Bonchev–Trinajstić information content (AvgIpc) is 3.16. The standard InChI is InChI=1S/C21H14ClN3O4/c22-17-11-15(25(27)28)9-10-16(17)20(26)23-12-13-5-7-14(8-6-13)21-24-18-3-1-2-4-19(18)29-21/h1-11H,12H2,(H,23,26). The molecule has 29 heavy (non-hydrogen) atoms. The van der Waals surface area contributed by atoms with Crippen LogP contribution in [0.2, 0.25) is 5.02 Å². The summed E-state index contributed by atoms with van der Waals surface area (Å²) in [5, 5.41) is 13.5. The van der Waals surface area contributed by atoms with Crippen LogP contribution in [0.5, 0.6) is 0 Å². The van der Waals surface area contributed by atoms with Crippen LogP contribution in [-0.4, -0.2) is 15.8 Å². The van der Waals surface area contributed by atoms with E-state index in [1.54, 1.807) is 0 Å². The molecule has 0 saturated heterocycles. The van der Waals surface area contributed by atoms with E-state index in [1.165, 1.54) is 12.1 Å². The highest BCUT2D eigenvalue weighted by Gasteiger charge is 2.15. The number of benzene rings is 3. The Morgan fingerprint density at radius 1 is 1.10 bits per heavy atom. The molecular weight excluding hydrogens is 394 g/mol. The molecule has 0 aliphatic carbocycles. The highest BCUT2D eigenvalue weighted by Crippen LogP contribution is 2.25. The second kappa shape index (κ2) is 7.73. The number of amides is 1. The smallest absolute Gasteiger partial charge is 0.270 e. The first-order chi connectivity index (χ1) is 14.0. The van der Waals surface area contributed by atoms with Crippen LogP contribution in [-0.2, 0) is 6.54 Å². The lowest BCUT2D eigenvalue weighted by Gasteiger charge is -2.07. The first-order valence-corrected chi connectivity index (χ1v) is 9.06. The Labute approximate surface area is 170 Å². The second-order valence-corrected chi connectivity index (χ2v) is 6.69. The van der Waals surface area contributed by atoms with Crippen molar-refractivity contribution in [1.82, 2.24) is 10.3 Å². The van der Waals surface area contributed by atoms with Crippen LogP contribution in [0.15, 0.2) is 71.1 Å². The van der Waals surface area contributed by atoms with Gasteiger partial charge in [0.25, 0.3) is 11.6 Å². The van der Waals surface area contributed by atoms with E-state index in [-0.39, 0.29) is 22.8 Å². The number of hydrogen-bond acceptors (Lipinski definition) is 5. The maximum absolute atomic E-state index is 12.3. The van der Waals surface area contributed by atoms with E-state index >= 15 is 0 Å². The van der Waals surface area contributed by atoms with Crippen molar-refractivity contribution in [3.05, 3.63) is 93.0 Å². The van der Waals surface area contributed by atoms with E-state index in [0.717, 1.165) is 28.3 Å². The minimum Gasteiger partial charge on any atom is -0.436 e. The zero-order valence-corrected chi connectivity index (χ0v) is 15.7. The Balaban J connectivity index is 1.44. The normalized spacial score (nSPS) is 10.8. The number of halogens is 1. The highest BCUT2D eigenvalue weighted by atomic mass is 35.5. The van der Waals surface area contributed by atoms with Crippen molar-refractivity contribution < 1.29 is 14.1 Å². The molecular formula is C21H14ClN3O4. The summed E-state index contributed by atoms with van der Waals surface area (Å²) >= 11 is 5.99. The van der Waals surface area contributed by atoms with Gasteiger partial charge in [0.15, 0.2) is 5.58 Å². The van der Waals surface area contributed by atoms with Gasteiger partial charge in [0.1, 0.15) is 5.52 Å². The molecule has 4 rings (SSSR count). The van der Waals surface area contributed by atoms with E-state index in [1.807, 2.05) is 48.5 Å². The fourth-order valence-corrected chi connectivity index (χ4v) is 3.10. The average molecular weight is 408 g/mol. The molecule has 1 N–H and O–H groups in total. The lowest BCUT2D eigenvalue weighted by Crippen LogP contribution is -2.23. The summed E-state index contributed by atoms with van der Waals surface area (Å²) in [5.74, 6) is 0.118. The summed E-state index contributed by atoms with van der Waals surface area (Å²) in [5.41, 5.74) is 3.23. The quantitative estimate of drug-likeness (QED) is 0.371. The van der Waals surface area contributed by atoms with Crippen LogP contribution < -0.4 is 5.32 Å². The number of para-hydroxylation sites is 2. The fourth-order valence-electron chi connectivity index (χ4n) is 2.84. The molecule has 8 heteroatoms. The fraction of sp³-hybridized carbons (Fsp3) is 0.0476. The van der Waals surface area contributed by atoms with E-state index < -0.39 is 10.8 Å². The zero-order chi connectivity index (χ0) is 20.4. The molecule has 144 valence electrons. The van der Waals surface area contributed by atoms with Crippen molar-refractivity contribution in [3.8, 4) is 11.5 Å². The number of carbonyl (C=O) groups excluding carboxylic acids is 1. The predicted molar refractivity (Wildman–Crippen MR) is 109 cm³/mol. The van der Waals surface area contributed by atoms with E-state index in [0.29, 0.717) is 5.89 Å².